The molecule has 0 aliphatic heterocycles. The normalized spacial score (nSPS) is 20.7. The first kappa shape index (κ1) is 16.7. The first-order valence-electron chi connectivity index (χ1n) is 8.08. The second-order valence-electron chi connectivity index (χ2n) is 6.19. The third kappa shape index (κ3) is 2.34. The van der Waals surface area contributed by atoms with Crippen LogP contribution in [0.3, 0.4) is 0 Å². The number of carbonyl (C=O) groups is 6. The van der Waals surface area contributed by atoms with Crippen molar-refractivity contribution in [1.82, 2.24) is 0 Å². The molecular formula is C21H10O6. The molecule has 0 aromatic heterocycles. The molecule has 0 bridgehead atoms. The lowest BCUT2D eigenvalue weighted by Crippen LogP contribution is -2.38. The van der Waals surface area contributed by atoms with E-state index in [1.54, 1.807) is 6.07 Å². The highest BCUT2D eigenvalue weighted by molar-refractivity contribution is 6.60. The molecule has 0 saturated carbocycles. The van der Waals surface area contributed by atoms with E-state index < -0.39 is 46.2 Å². The zero-order chi connectivity index (χ0) is 19.3. The van der Waals surface area contributed by atoms with Gasteiger partial charge >= 0.3 is 0 Å². The Labute approximate surface area is 152 Å². The topological polar surface area (TPSA) is 102 Å². The van der Waals surface area contributed by atoms with Gasteiger partial charge in [-0.25, -0.2) is 0 Å². The monoisotopic (exact) mass is 358 g/mol. The second-order valence-corrected chi connectivity index (χ2v) is 6.19. The predicted molar refractivity (Wildman–Crippen MR) is 91.8 cm³/mol. The van der Waals surface area contributed by atoms with E-state index in [9.17, 15) is 28.8 Å². The van der Waals surface area contributed by atoms with Crippen molar-refractivity contribution in [3.8, 4) is 0 Å². The van der Waals surface area contributed by atoms with E-state index >= 15 is 0 Å². The van der Waals surface area contributed by atoms with Crippen molar-refractivity contribution in [3.63, 3.8) is 0 Å². The molecule has 0 spiro atoms. The lowest BCUT2D eigenvalue weighted by Gasteiger charge is -2.21. The molecule has 1 unspecified atom stereocenters. The molecule has 0 heterocycles. The maximum Gasteiger partial charge on any atom is 0.237 e. The van der Waals surface area contributed by atoms with Crippen LogP contribution in [-0.4, -0.2) is 34.7 Å². The number of ketones is 6. The summed E-state index contributed by atoms with van der Waals surface area (Å²) in [6.45, 7) is 0. The zero-order valence-electron chi connectivity index (χ0n) is 13.7. The second kappa shape index (κ2) is 5.88. The van der Waals surface area contributed by atoms with Gasteiger partial charge in [0.1, 0.15) is 5.92 Å². The Kier molecular flexibility index (Phi) is 3.63. The SMILES string of the molecule is O=C1C(=O)c2ccccc2C(=O)/C1=C/C1C(=O)C(=O)c2ccccc2C1=O. The van der Waals surface area contributed by atoms with Crippen LogP contribution in [0.5, 0.6) is 0 Å². The fourth-order valence-electron chi connectivity index (χ4n) is 3.30. The van der Waals surface area contributed by atoms with Crippen LogP contribution in [0.25, 0.3) is 0 Å². The summed E-state index contributed by atoms with van der Waals surface area (Å²) in [6.07, 6.45) is 0.858. The summed E-state index contributed by atoms with van der Waals surface area (Å²) in [5.74, 6) is -6.91. The maximum absolute atomic E-state index is 12.7. The van der Waals surface area contributed by atoms with Crippen molar-refractivity contribution >= 4 is 34.7 Å². The number of benzene rings is 2. The summed E-state index contributed by atoms with van der Waals surface area (Å²) >= 11 is 0. The molecule has 0 amide bonds. The van der Waals surface area contributed by atoms with Crippen molar-refractivity contribution in [3.05, 3.63) is 82.4 Å². The van der Waals surface area contributed by atoms with Crippen LogP contribution in [0.4, 0.5) is 0 Å². The molecule has 2 aromatic rings. The average molecular weight is 358 g/mol. The molecule has 6 heteroatoms. The molecule has 27 heavy (non-hydrogen) atoms. The molecule has 130 valence electrons. The molecule has 0 saturated heterocycles. The number of allylic oxidation sites excluding steroid dienone is 2. The maximum atomic E-state index is 12.7. The van der Waals surface area contributed by atoms with E-state index in [0.29, 0.717) is 0 Å². The molecule has 4 rings (SSSR count). The first-order chi connectivity index (χ1) is 12.9. The van der Waals surface area contributed by atoms with E-state index in [4.69, 9.17) is 0 Å². The molecule has 0 fully saturated rings. The smallest absolute Gasteiger partial charge is 0.237 e. The molecule has 6 nitrogen and oxygen atoms in total. The lowest BCUT2D eigenvalue weighted by molar-refractivity contribution is -0.116. The van der Waals surface area contributed by atoms with Gasteiger partial charge in [-0.1, -0.05) is 54.6 Å². The molecule has 0 N–H and O–H groups in total. The minimum atomic E-state index is -1.60. The number of hydrogen-bond donors (Lipinski definition) is 0. The van der Waals surface area contributed by atoms with E-state index in [1.165, 1.54) is 42.5 Å². The van der Waals surface area contributed by atoms with Crippen molar-refractivity contribution in [2.24, 2.45) is 5.92 Å². The van der Waals surface area contributed by atoms with Gasteiger partial charge in [-0.3, -0.25) is 28.8 Å². The number of rotatable bonds is 1. The van der Waals surface area contributed by atoms with Crippen LogP contribution in [0.1, 0.15) is 41.4 Å². The first-order valence-corrected chi connectivity index (χ1v) is 8.08. The minimum Gasteiger partial charge on any atom is -0.293 e. The third-order valence-electron chi connectivity index (χ3n) is 4.67. The van der Waals surface area contributed by atoms with Gasteiger partial charge in [0.05, 0.1) is 5.57 Å². The Morgan fingerprint density at radius 2 is 1.00 bits per heavy atom. The van der Waals surface area contributed by atoms with Crippen molar-refractivity contribution in [2.45, 2.75) is 0 Å². The van der Waals surface area contributed by atoms with Crippen LogP contribution >= 0.6 is 0 Å². The highest BCUT2D eigenvalue weighted by Gasteiger charge is 2.42. The summed E-state index contributed by atoms with van der Waals surface area (Å²) in [6, 6.07) is 11.7. The zero-order valence-corrected chi connectivity index (χ0v) is 13.7. The van der Waals surface area contributed by atoms with Gasteiger partial charge in [0.15, 0.2) is 11.6 Å². The standard InChI is InChI=1S/C21H10O6/c22-16-10-5-1-3-7-12(10)18(24)20(26)14(16)9-15-17(23)11-6-2-4-8-13(11)19(25)21(15)27/h1-9,14H/b15-9-. The molecular weight excluding hydrogens is 348 g/mol. The highest BCUT2D eigenvalue weighted by Crippen LogP contribution is 2.28. The lowest BCUT2D eigenvalue weighted by atomic mass is 9.77. The average Bonchev–Trinajstić information content (AvgIpc) is 2.70. The Bertz CT molecular complexity index is 1130. The molecule has 2 aliphatic carbocycles. The summed E-state index contributed by atoms with van der Waals surface area (Å²) in [5, 5.41) is 0. The van der Waals surface area contributed by atoms with Gasteiger partial charge in [0.25, 0.3) is 0 Å². The van der Waals surface area contributed by atoms with E-state index in [1.807, 2.05) is 0 Å². The molecule has 0 radical (unpaired) electrons. The van der Waals surface area contributed by atoms with Crippen molar-refractivity contribution in [1.29, 1.82) is 0 Å². The van der Waals surface area contributed by atoms with Crippen LogP contribution in [0.15, 0.2) is 60.2 Å². The largest absolute Gasteiger partial charge is 0.293 e. The fraction of sp³-hybridized carbons (Fsp3) is 0.0476. The molecule has 2 aromatic carbocycles. The highest BCUT2D eigenvalue weighted by atomic mass is 16.2. The van der Waals surface area contributed by atoms with Gasteiger partial charge in [-0.15, -0.1) is 0 Å². The van der Waals surface area contributed by atoms with Crippen molar-refractivity contribution in [2.75, 3.05) is 0 Å². The Balaban J connectivity index is 1.85. The predicted octanol–water partition coefficient (Wildman–Crippen LogP) is 1.83. The van der Waals surface area contributed by atoms with E-state index in [2.05, 4.69) is 0 Å². The summed E-state index contributed by atoms with van der Waals surface area (Å²) in [7, 11) is 0. The fourth-order valence-corrected chi connectivity index (χ4v) is 3.30. The number of Topliss-reactive ketones (excluding diaryl/α,β-unsaturated/α-hetero) is 6. The quantitative estimate of drug-likeness (QED) is 0.333. The Morgan fingerprint density at radius 1 is 0.519 bits per heavy atom. The van der Waals surface area contributed by atoms with Crippen LogP contribution in [-0.2, 0) is 9.59 Å². The molecule has 2 aliphatic rings. The summed E-state index contributed by atoms with van der Waals surface area (Å²) in [5.41, 5.74) is -0.517. The van der Waals surface area contributed by atoms with Crippen LogP contribution in [0, 0.1) is 5.92 Å². The summed E-state index contributed by atoms with van der Waals surface area (Å²) in [4.78, 5) is 74.6. The number of carbonyl (C=O) groups excluding carboxylic acids is 6. The Hall–Kier alpha value is -3.80. The summed E-state index contributed by atoms with van der Waals surface area (Å²) < 4.78 is 0. The Morgan fingerprint density at radius 3 is 1.59 bits per heavy atom. The van der Waals surface area contributed by atoms with Gasteiger partial charge in [-0.05, 0) is 0 Å². The van der Waals surface area contributed by atoms with Gasteiger partial charge in [-0.2, -0.15) is 0 Å². The van der Waals surface area contributed by atoms with E-state index in [-0.39, 0.29) is 22.3 Å². The van der Waals surface area contributed by atoms with E-state index in [0.717, 1.165) is 6.08 Å². The van der Waals surface area contributed by atoms with Crippen LogP contribution in [0.2, 0.25) is 0 Å². The van der Waals surface area contributed by atoms with Crippen molar-refractivity contribution < 1.29 is 28.8 Å². The number of hydrogen-bond acceptors (Lipinski definition) is 6. The van der Waals surface area contributed by atoms with Crippen LogP contribution < -0.4 is 0 Å². The van der Waals surface area contributed by atoms with Gasteiger partial charge < -0.3 is 0 Å². The molecule has 1 atom stereocenters. The van der Waals surface area contributed by atoms with Gasteiger partial charge in [0, 0.05) is 22.3 Å². The van der Waals surface area contributed by atoms with Gasteiger partial charge in [0.2, 0.25) is 23.1 Å². The number of fused-ring (bicyclic) bond motifs is 2. The minimum absolute atomic E-state index is 0.00938. The third-order valence-corrected chi connectivity index (χ3v) is 4.67.